The van der Waals surface area contributed by atoms with E-state index in [1.165, 1.54) is 25.0 Å². The number of nitriles is 1. The van der Waals surface area contributed by atoms with Crippen LogP contribution in [0.25, 0.3) is 0 Å². The zero-order valence-corrected chi connectivity index (χ0v) is 9.67. The van der Waals surface area contributed by atoms with Gasteiger partial charge in [0.2, 0.25) is 0 Å². The highest BCUT2D eigenvalue weighted by atomic mass is 32.2. The quantitative estimate of drug-likeness (QED) is 0.742. The highest BCUT2D eigenvalue weighted by molar-refractivity contribution is 7.99. The molecule has 0 bridgehead atoms. The van der Waals surface area contributed by atoms with Crippen LogP contribution < -0.4 is 0 Å². The minimum Gasteiger partial charge on any atom is -0.350 e. The van der Waals surface area contributed by atoms with Gasteiger partial charge in [0.15, 0.2) is 6.29 Å². The van der Waals surface area contributed by atoms with Gasteiger partial charge >= 0.3 is 0 Å². The molecule has 2 fully saturated rings. The Morgan fingerprint density at radius 3 is 3.07 bits per heavy atom. The van der Waals surface area contributed by atoms with Crippen LogP contribution in [0.2, 0.25) is 0 Å². The van der Waals surface area contributed by atoms with Gasteiger partial charge in [0.25, 0.3) is 0 Å². The number of thioether (sulfide) groups is 1. The molecule has 0 radical (unpaired) electrons. The van der Waals surface area contributed by atoms with Crippen molar-refractivity contribution in [2.24, 2.45) is 0 Å². The van der Waals surface area contributed by atoms with Crippen molar-refractivity contribution in [3.05, 3.63) is 0 Å². The maximum Gasteiger partial charge on any atom is 0.159 e. The first-order valence-corrected chi connectivity index (χ1v) is 6.69. The first kappa shape index (κ1) is 11.3. The summed E-state index contributed by atoms with van der Waals surface area (Å²) in [6.45, 7) is 0.593. The molecule has 0 aromatic rings. The maximum absolute atomic E-state index is 8.54. The van der Waals surface area contributed by atoms with E-state index in [2.05, 4.69) is 6.07 Å². The molecule has 0 spiro atoms. The Morgan fingerprint density at radius 1 is 1.40 bits per heavy atom. The van der Waals surface area contributed by atoms with Gasteiger partial charge in [-0.25, -0.2) is 0 Å². The van der Waals surface area contributed by atoms with Gasteiger partial charge in [0.1, 0.15) is 0 Å². The van der Waals surface area contributed by atoms with E-state index in [1.807, 2.05) is 11.8 Å². The number of hydrogen-bond acceptors (Lipinski definition) is 4. The maximum atomic E-state index is 8.54. The minimum atomic E-state index is -0.0565. The molecular formula is C11H17NO2S. The molecule has 0 aromatic carbocycles. The zero-order valence-electron chi connectivity index (χ0n) is 8.85. The molecule has 0 N–H and O–H groups in total. The van der Waals surface area contributed by atoms with Gasteiger partial charge in [-0.1, -0.05) is 6.42 Å². The summed E-state index contributed by atoms with van der Waals surface area (Å²) in [6, 6.07) is 2.12. The second kappa shape index (κ2) is 5.74. The number of hydrogen-bond donors (Lipinski definition) is 0. The highest BCUT2D eigenvalue weighted by Gasteiger charge is 2.28. The van der Waals surface area contributed by atoms with Crippen molar-refractivity contribution < 1.29 is 9.47 Å². The summed E-state index contributed by atoms with van der Waals surface area (Å²) in [4.78, 5) is 0. The first-order chi connectivity index (χ1) is 7.38. The topological polar surface area (TPSA) is 42.2 Å². The molecule has 4 heteroatoms. The zero-order chi connectivity index (χ0) is 10.5. The largest absolute Gasteiger partial charge is 0.350 e. The van der Waals surface area contributed by atoms with Gasteiger partial charge in [-0.05, 0) is 18.6 Å². The molecule has 15 heavy (non-hydrogen) atoms. The van der Waals surface area contributed by atoms with Crippen LogP contribution in [0.15, 0.2) is 0 Å². The number of rotatable bonds is 3. The fourth-order valence-electron chi connectivity index (χ4n) is 2.05. The summed E-state index contributed by atoms with van der Waals surface area (Å²) in [5.74, 6) is 1.28. The fraction of sp³-hybridized carbons (Fsp3) is 0.909. The van der Waals surface area contributed by atoms with E-state index in [0.29, 0.717) is 18.3 Å². The molecule has 3 atom stereocenters. The normalized spacial score (nSPS) is 36.3. The second-order valence-electron chi connectivity index (χ2n) is 4.11. The lowest BCUT2D eigenvalue weighted by atomic mass is 10.1. The summed E-state index contributed by atoms with van der Waals surface area (Å²) in [5, 5.41) is 9.24. The van der Waals surface area contributed by atoms with Gasteiger partial charge in [0, 0.05) is 11.7 Å². The average Bonchev–Trinajstić information content (AvgIpc) is 2.68. The van der Waals surface area contributed by atoms with Gasteiger partial charge in [-0.15, -0.1) is 0 Å². The summed E-state index contributed by atoms with van der Waals surface area (Å²) < 4.78 is 11.2. The SMILES string of the molecule is N#CCC1COC(CC2CCCCS2)O1. The molecule has 2 aliphatic rings. The summed E-state index contributed by atoms with van der Waals surface area (Å²) in [5.41, 5.74) is 0. The van der Waals surface area contributed by atoms with Crippen LogP contribution in [0.5, 0.6) is 0 Å². The van der Waals surface area contributed by atoms with Crippen LogP contribution in [-0.4, -0.2) is 30.0 Å². The molecule has 2 saturated heterocycles. The third-order valence-electron chi connectivity index (χ3n) is 2.86. The van der Waals surface area contributed by atoms with Gasteiger partial charge in [-0.2, -0.15) is 17.0 Å². The second-order valence-corrected chi connectivity index (χ2v) is 5.52. The highest BCUT2D eigenvalue weighted by Crippen LogP contribution is 2.31. The lowest BCUT2D eigenvalue weighted by Crippen LogP contribution is -2.20. The van der Waals surface area contributed by atoms with Crippen LogP contribution >= 0.6 is 11.8 Å². The van der Waals surface area contributed by atoms with Gasteiger partial charge in [0.05, 0.1) is 25.2 Å². The van der Waals surface area contributed by atoms with Gasteiger partial charge < -0.3 is 9.47 Å². The molecular weight excluding hydrogens is 210 g/mol. The lowest BCUT2D eigenvalue weighted by molar-refractivity contribution is -0.0613. The van der Waals surface area contributed by atoms with Crippen molar-refractivity contribution in [1.82, 2.24) is 0 Å². The van der Waals surface area contributed by atoms with Crippen LogP contribution in [0, 0.1) is 11.3 Å². The number of nitrogens with zero attached hydrogens (tertiary/aromatic N) is 1. The van der Waals surface area contributed by atoms with Crippen molar-refractivity contribution >= 4 is 11.8 Å². The average molecular weight is 227 g/mol. The smallest absolute Gasteiger partial charge is 0.159 e. The van der Waals surface area contributed by atoms with E-state index in [0.717, 1.165) is 6.42 Å². The van der Waals surface area contributed by atoms with Crippen molar-refractivity contribution in [3.8, 4) is 6.07 Å². The molecule has 3 nitrogen and oxygen atoms in total. The van der Waals surface area contributed by atoms with Crippen molar-refractivity contribution in [1.29, 1.82) is 5.26 Å². The van der Waals surface area contributed by atoms with E-state index in [-0.39, 0.29) is 12.4 Å². The summed E-state index contributed by atoms with van der Waals surface area (Å²) >= 11 is 2.04. The minimum absolute atomic E-state index is 0.00795. The van der Waals surface area contributed by atoms with Crippen LogP contribution in [0.4, 0.5) is 0 Å². The van der Waals surface area contributed by atoms with Crippen LogP contribution in [-0.2, 0) is 9.47 Å². The Bertz CT molecular complexity index is 235. The molecule has 0 amide bonds. The molecule has 2 rings (SSSR count). The van der Waals surface area contributed by atoms with Crippen molar-refractivity contribution in [3.63, 3.8) is 0 Å². The van der Waals surface area contributed by atoms with Crippen LogP contribution in [0.3, 0.4) is 0 Å². The molecule has 3 unspecified atom stereocenters. The Morgan fingerprint density at radius 2 is 2.33 bits per heavy atom. The third kappa shape index (κ3) is 3.37. The Kier molecular flexibility index (Phi) is 4.30. The Labute approximate surface area is 95.1 Å². The molecule has 84 valence electrons. The van der Waals surface area contributed by atoms with Gasteiger partial charge in [-0.3, -0.25) is 0 Å². The molecule has 2 aliphatic heterocycles. The molecule has 2 heterocycles. The predicted octanol–water partition coefficient (Wildman–Crippen LogP) is 2.32. The van der Waals surface area contributed by atoms with E-state index in [4.69, 9.17) is 14.7 Å². The lowest BCUT2D eigenvalue weighted by Gasteiger charge is -2.23. The molecule has 0 saturated carbocycles. The number of ether oxygens (including phenoxy) is 2. The van der Waals surface area contributed by atoms with Crippen molar-refractivity contribution in [2.75, 3.05) is 12.4 Å². The predicted molar refractivity (Wildman–Crippen MR) is 59.6 cm³/mol. The van der Waals surface area contributed by atoms with E-state index in [1.54, 1.807) is 0 Å². The molecule has 0 aromatic heterocycles. The first-order valence-electron chi connectivity index (χ1n) is 5.64. The fourth-order valence-corrected chi connectivity index (χ4v) is 3.38. The van der Waals surface area contributed by atoms with Crippen LogP contribution in [0.1, 0.15) is 32.1 Å². The Hall–Kier alpha value is -0.240. The third-order valence-corrected chi connectivity index (χ3v) is 4.28. The van der Waals surface area contributed by atoms with Crippen molar-refractivity contribution in [2.45, 2.75) is 49.7 Å². The van der Waals surface area contributed by atoms with E-state index < -0.39 is 0 Å². The Balaban J connectivity index is 1.69. The monoisotopic (exact) mass is 227 g/mol. The standard InChI is InChI=1S/C11H17NO2S/c12-5-4-9-8-13-11(14-9)7-10-3-1-2-6-15-10/h9-11H,1-4,6-8H2. The summed E-state index contributed by atoms with van der Waals surface area (Å²) in [7, 11) is 0. The van der Waals surface area contributed by atoms with E-state index >= 15 is 0 Å². The molecule has 0 aliphatic carbocycles. The van der Waals surface area contributed by atoms with E-state index in [9.17, 15) is 0 Å². The summed E-state index contributed by atoms with van der Waals surface area (Å²) in [6.07, 6.45) is 5.38.